The van der Waals surface area contributed by atoms with Crippen LogP contribution in [0.1, 0.15) is 126 Å². The fourth-order valence-corrected chi connectivity index (χ4v) is 10.1. The molecule has 1 saturated carbocycles. The van der Waals surface area contributed by atoms with Gasteiger partial charge >= 0.3 is 5.97 Å². The van der Waals surface area contributed by atoms with E-state index in [1.54, 1.807) is 41.1 Å². The molecule has 3 fully saturated rings. The normalized spacial score (nSPS) is 39.1. The number of aliphatic hydroxyl groups is 3. The predicted molar refractivity (Wildman–Crippen MR) is 245 cm³/mol. The first-order valence-electron chi connectivity index (χ1n) is 23.9. The Labute approximate surface area is 387 Å². The molecule has 2 bridgehead atoms. The number of carbonyl (C=O) groups excluding carboxylic acids is 5. The van der Waals surface area contributed by atoms with Gasteiger partial charge in [-0.05, 0) is 107 Å². The van der Waals surface area contributed by atoms with Gasteiger partial charge in [0.25, 0.3) is 11.7 Å². The molecule has 3 aliphatic heterocycles. The van der Waals surface area contributed by atoms with Crippen molar-refractivity contribution in [1.29, 1.82) is 0 Å². The maximum atomic E-state index is 14.4. The van der Waals surface area contributed by atoms with E-state index in [1.165, 1.54) is 12.0 Å². The van der Waals surface area contributed by atoms with Crippen LogP contribution in [0.4, 0.5) is 0 Å². The van der Waals surface area contributed by atoms with Crippen LogP contribution in [0.3, 0.4) is 0 Å². The Kier molecular flexibility index (Phi) is 21.0. The molecule has 15 atom stereocenters. The molecule has 3 heterocycles. The van der Waals surface area contributed by atoms with Crippen LogP contribution < -0.4 is 0 Å². The number of amides is 1. The number of piperidine rings is 1. The fourth-order valence-electron chi connectivity index (χ4n) is 10.1. The molecule has 14 nitrogen and oxygen atoms in total. The molecule has 0 aromatic heterocycles. The first kappa shape index (κ1) is 54.2. The molecular formula is C51H79NO13. The van der Waals surface area contributed by atoms with Crippen molar-refractivity contribution in [2.24, 2.45) is 35.5 Å². The summed E-state index contributed by atoms with van der Waals surface area (Å²) in [6, 6.07) is -1.14. The second-order valence-corrected chi connectivity index (χ2v) is 19.6. The first-order valence-corrected chi connectivity index (χ1v) is 23.9. The van der Waals surface area contributed by atoms with E-state index in [2.05, 4.69) is 0 Å². The molecule has 366 valence electrons. The number of hydrogen-bond acceptors (Lipinski definition) is 13. The monoisotopic (exact) mass is 914 g/mol. The molecule has 3 N–H and O–H groups in total. The average Bonchev–Trinajstić information content (AvgIpc) is 3.28. The summed E-state index contributed by atoms with van der Waals surface area (Å²) in [6.07, 6.45) is 11.2. The van der Waals surface area contributed by atoms with E-state index in [0.29, 0.717) is 63.4 Å². The predicted octanol–water partition coefficient (Wildman–Crippen LogP) is 6.18. The Bertz CT molecular complexity index is 1760. The van der Waals surface area contributed by atoms with Gasteiger partial charge < -0.3 is 43.9 Å². The number of ether oxygens (including phenoxy) is 5. The minimum absolute atomic E-state index is 0.0193. The number of allylic oxidation sites excluding steroid dienone is 6. The number of cyclic esters (lactones) is 1. The van der Waals surface area contributed by atoms with Gasteiger partial charge in [0.1, 0.15) is 30.1 Å². The summed E-state index contributed by atoms with van der Waals surface area (Å²) in [6.45, 7) is 12.7. The number of fused-ring (bicyclic) bond motifs is 3. The summed E-state index contributed by atoms with van der Waals surface area (Å²) in [7, 11) is 4.52. The minimum Gasteiger partial charge on any atom is -0.460 e. The summed E-state index contributed by atoms with van der Waals surface area (Å²) in [5, 5.41) is 33.8. The Hall–Kier alpha value is -3.37. The Morgan fingerprint density at radius 2 is 1.57 bits per heavy atom. The third-order valence-electron chi connectivity index (χ3n) is 14.5. The third-order valence-corrected chi connectivity index (χ3v) is 14.5. The van der Waals surface area contributed by atoms with Crippen molar-refractivity contribution in [3.63, 3.8) is 0 Å². The number of hydrogen-bond donors (Lipinski definition) is 3. The standard InChI is InChI=1S/C51H79NO13/c1-30-16-12-11-13-17-31(2)42(61-8)28-38-21-19-36(7)51(60,65-38)48(57)49(58)52-23-15-14-18-39(52)50(59)64-43(33(4)26-37-20-22-40(53)44(27-37)62-9)29-41(54)32(3)25-35(6)46(56)47(63-10)45(55)34(5)24-30/h11-13,16-17,25,30,32-34,36-40,42-44,46-47,53,56,60H,14-15,18-24,26-29H2,1-10H3/b13-11?,16-12+,31-17?,35-25+/t30-,32-,33-,34-,36-,37+,38+,39?,40-,42+,43?,44-,46-,47+,51-/m1/s1. The topological polar surface area (TPSA) is 195 Å². The van der Waals surface area contributed by atoms with Crippen LogP contribution in [0.15, 0.2) is 47.6 Å². The smallest absolute Gasteiger partial charge is 0.329 e. The summed E-state index contributed by atoms with van der Waals surface area (Å²) < 4.78 is 29.4. The lowest BCUT2D eigenvalue weighted by atomic mass is 9.78. The van der Waals surface area contributed by atoms with E-state index < -0.39 is 83.9 Å². The van der Waals surface area contributed by atoms with Crippen LogP contribution in [0, 0.1) is 35.5 Å². The van der Waals surface area contributed by atoms with Crippen molar-refractivity contribution < 1.29 is 63.0 Å². The summed E-state index contributed by atoms with van der Waals surface area (Å²) >= 11 is 0. The van der Waals surface area contributed by atoms with E-state index in [0.717, 1.165) is 12.0 Å². The summed E-state index contributed by atoms with van der Waals surface area (Å²) in [5.41, 5.74) is 1.27. The molecule has 4 aliphatic rings. The van der Waals surface area contributed by atoms with Gasteiger partial charge in [0.05, 0.1) is 24.4 Å². The van der Waals surface area contributed by atoms with Crippen LogP contribution in [-0.2, 0) is 47.7 Å². The van der Waals surface area contributed by atoms with Crippen LogP contribution in [-0.4, -0.2) is 132 Å². The molecule has 0 spiro atoms. The van der Waals surface area contributed by atoms with Crippen molar-refractivity contribution in [3.8, 4) is 0 Å². The zero-order chi connectivity index (χ0) is 48.2. The van der Waals surface area contributed by atoms with Crippen molar-refractivity contribution in [2.45, 2.75) is 180 Å². The number of carbonyl (C=O) groups is 5. The van der Waals surface area contributed by atoms with Crippen molar-refractivity contribution >= 4 is 29.2 Å². The highest BCUT2D eigenvalue weighted by atomic mass is 16.6. The fraction of sp³-hybridized carbons (Fsp3) is 0.745. The van der Waals surface area contributed by atoms with E-state index >= 15 is 0 Å². The number of ketones is 3. The van der Waals surface area contributed by atoms with E-state index in [4.69, 9.17) is 23.7 Å². The van der Waals surface area contributed by atoms with Gasteiger partial charge in [-0.1, -0.05) is 71.1 Å². The summed E-state index contributed by atoms with van der Waals surface area (Å²) in [5.74, 6) is -7.96. The Balaban J connectivity index is 1.70. The molecule has 14 heteroatoms. The molecule has 1 aliphatic carbocycles. The van der Waals surface area contributed by atoms with Gasteiger partial charge in [-0.15, -0.1) is 0 Å². The van der Waals surface area contributed by atoms with Gasteiger partial charge in [0.2, 0.25) is 5.79 Å². The Morgan fingerprint density at radius 1 is 0.846 bits per heavy atom. The number of esters is 1. The van der Waals surface area contributed by atoms with Crippen LogP contribution in [0.25, 0.3) is 0 Å². The molecule has 4 rings (SSSR count). The van der Waals surface area contributed by atoms with Gasteiger partial charge in [-0.25, -0.2) is 4.79 Å². The number of rotatable bonds is 6. The first-order chi connectivity index (χ1) is 30.7. The lowest BCUT2D eigenvalue weighted by Crippen LogP contribution is -2.61. The zero-order valence-corrected chi connectivity index (χ0v) is 40.6. The maximum absolute atomic E-state index is 14.4. The highest BCUT2D eigenvalue weighted by Crippen LogP contribution is 2.38. The molecule has 1 amide bonds. The number of nitrogens with zero attached hydrogens (tertiary/aromatic N) is 1. The number of Topliss-reactive ketones (excluding diaryl/α,β-unsaturated/α-hetero) is 3. The molecule has 0 aromatic rings. The maximum Gasteiger partial charge on any atom is 0.329 e. The molecule has 2 saturated heterocycles. The molecule has 65 heavy (non-hydrogen) atoms. The van der Waals surface area contributed by atoms with Gasteiger partial charge in [0.15, 0.2) is 5.78 Å². The molecule has 0 radical (unpaired) electrons. The zero-order valence-electron chi connectivity index (χ0n) is 40.6. The van der Waals surface area contributed by atoms with E-state index in [9.17, 15) is 39.3 Å². The Morgan fingerprint density at radius 3 is 2.25 bits per heavy atom. The van der Waals surface area contributed by atoms with Crippen LogP contribution >= 0.6 is 0 Å². The van der Waals surface area contributed by atoms with Crippen molar-refractivity contribution in [1.82, 2.24) is 4.90 Å². The molecular weight excluding hydrogens is 835 g/mol. The van der Waals surface area contributed by atoms with Gasteiger partial charge in [-0.2, -0.15) is 0 Å². The lowest BCUT2D eigenvalue weighted by Gasteiger charge is -2.42. The number of methoxy groups -OCH3 is 3. The third kappa shape index (κ3) is 14.3. The quantitative estimate of drug-likeness (QED) is 0.156. The molecule has 2 unspecified atom stereocenters. The second-order valence-electron chi connectivity index (χ2n) is 19.6. The van der Waals surface area contributed by atoms with Gasteiger partial charge in [-0.3, -0.25) is 19.2 Å². The SMILES string of the molecule is CO[C@H]1C[C@@H]2CC[C@@H](C)[C@@](O)(O2)C(=O)C(=O)N2CCCCC2C(=O)OC([C@H](C)C[C@@H]2CC[C@@H](O)[C@H](OC)C2)CC(=O)[C@H](C)/C=C(\C)[C@@H](O)[C@@H](OC)C(=O)[C@H](C)C[C@H](C)/C=C/C=CC=C1C. The van der Waals surface area contributed by atoms with Crippen LogP contribution in [0.2, 0.25) is 0 Å². The largest absolute Gasteiger partial charge is 0.460 e. The average molecular weight is 914 g/mol. The van der Waals surface area contributed by atoms with Gasteiger partial charge in [0, 0.05) is 58.5 Å². The highest BCUT2D eigenvalue weighted by Gasteiger charge is 2.53. The molecule has 0 aromatic carbocycles. The number of aliphatic hydroxyl groups excluding tert-OH is 2. The second kappa shape index (κ2) is 25.1. The highest BCUT2D eigenvalue weighted by molar-refractivity contribution is 6.39. The van der Waals surface area contributed by atoms with E-state index in [-0.39, 0.29) is 54.8 Å². The van der Waals surface area contributed by atoms with Crippen molar-refractivity contribution in [2.75, 3.05) is 27.9 Å². The minimum atomic E-state index is -2.43. The van der Waals surface area contributed by atoms with Crippen molar-refractivity contribution in [3.05, 3.63) is 47.6 Å². The van der Waals surface area contributed by atoms with E-state index in [1.807, 2.05) is 58.1 Å². The summed E-state index contributed by atoms with van der Waals surface area (Å²) in [4.78, 5) is 71.8. The lowest BCUT2D eigenvalue weighted by molar-refractivity contribution is -0.265. The van der Waals surface area contributed by atoms with Crippen LogP contribution in [0.5, 0.6) is 0 Å².